The van der Waals surface area contributed by atoms with Crippen molar-refractivity contribution in [1.82, 2.24) is 0 Å². The van der Waals surface area contributed by atoms with Crippen molar-refractivity contribution in [2.45, 2.75) is 32.1 Å². The lowest BCUT2D eigenvalue weighted by atomic mass is 9.94. The van der Waals surface area contributed by atoms with Crippen molar-refractivity contribution in [3.8, 4) is 0 Å². The van der Waals surface area contributed by atoms with Gasteiger partial charge in [0.1, 0.15) is 0 Å². The maximum absolute atomic E-state index is 10.8. The molecular formula is C14H20O3. The molecule has 1 atom stereocenters. The first-order chi connectivity index (χ1) is 8.24. The van der Waals surface area contributed by atoms with Crippen molar-refractivity contribution in [3.05, 3.63) is 35.9 Å². The van der Waals surface area contributed by atoms with Gasteiger partial charge >= 0.3 is 5.97 Å². The van der Waals surface area contributed by atoms with Crippen LogP contribution in [0.5, 0.6) is 0 Å². The van der Waals surface area contributed by atoms with Gasteiger partial charge in [-0.15, -0.1) is 0 Å². The Kier molecular flexibility index (Phi) is 6.33. The van der Waals surface area contributed by atoms with E-state index in [2.05, 4.69) is 0 Å². The zero-order chi connectivity index (χ0) is 12.5. The van der Waals surface area contributed by atoms with Crippen molar-refractivity contribution in [3.63, 3.8) is 0 Å². The van der Waals surface area contributed by atoms with E-state index in [0.717, 1.165) is 19.3 Å². The van der Waals surface area contributed by atoms with E-state index >= 15 is 0 Å². The Morgan fingerprint density at radius 3 is 2.59 bits per heavy atom. The van der Waals surface area contributed by atoms with Crippen molar-refractivity contribution in [2.24, 2.45) is 0 Å². The summed E-state index contributed by atoms with van der Waals surface area (Å²) in [5.41, 5.74) is 1.19. The Bertz CT molecular complexity index is 321. The Morgan fingerprint density at radius 2 is 2.00 bits per heavy atom. The maximum atomic E-state index is 10.8. The van der Waals surface area contributed by atoms with Crippen molar-refractivity contribution in [1.29, 1.82) is 0 Å². The predicted molar refractivity (Wildman–Crippen MR) is 66.8 cm³/mol. The van der Waals surface area contributed by atoms with Gasteiger partial charge in [-0.1, -0.05) is 36.8 Å². The van der Waals surface area contributed by atoms with Crippen LogP contribution in [0.25, 0.3) is 0 Å². The largest absolute Gasteiger partial charge is 0.465 e. The Balaban J connectivity index is 2.55. The van der Waals surface area contributed by atoms with E-state index < -0.39 is 0 Å². The molecule has 1 aromatic rings. The zero-order valence-electron chi connectivity index (χ0n) is 10.3. The fourth-order valence-electron chi connectivity index (χ4n) is 1.79. The highest BCUT2D eigenvalue weighted by atomic mass is 16.5. The lowest BCUT2D eigenvalue weighted by molar-refractivity contribution is -0.141. The molecule has 0 heterocycles. The molecule has 1 rings (SSSR count). The second-order valence-corrected chi connectivity index (χ2v) is 4.13. The van der Waals surface area contributed by atoms with Crippen LogP contribution in [0.3, 0.4) is 0 Å². The van der Waals surface area contributed by atoms with E-state index in [4.69, 9.17) is 9.84 Å². The van der Waals surface area contributed by atoms with Crippen LogP contribution in [0.2, 0.25) is 0 Å². The van der Waals surface area contributed by atoms with E-state index in [1.54, 1.807) is 0 Å². The number of carbonyl (C=O) groups excluding carboxylic acids is 1. The van der Waals surface area contributed by atoms with E-state index in [-0.39, 0.29) is 18.5 Å². The Hall–Kier alpha value is -1.35. The summed E-state index contributed by atoms with van der Waals surface area (Å²) in [6, 6.07) is 10.0. The van der Waals surface area contributed by atoms with Crippen LogP contribution < -0.4 is 0 Å². The standard InChI is InChI=1S/C14H20O3/c1-12(16)17-11-14(9-5-6-10-15)13-7-3-2-4-8-13/h2-4,7-8,14-15H,5-6,9-11H2,1H3/t14-/m1/s1. The topological polar surface area (TPSA) is 46.5 Å². The summed E-state index contributed by atoms with van der Waals surface area (Å²) in [5.74, 6) is -0.0141. The fraction of sp³-hybridized carbons (Fsp3) is 0.500. The van der Waals surface area contributed by atoms with Crippen molar-refractivity contribution in [2.75, 3.05) is 13.2 Å². The van der Waals surface area contributed by atoms with E-state index in [9.17, 15) is 4.79 Å². The number of benzene rings is 1. The number of rotatable bonds is 7. The first kappa shape index (κ1) is 13.7. The molecule has 1 aromatic carbocycles. The summed E-state index contributed by atoms with van der Waals surface area (Å²) >= 11 is 0. The van der Waals surface area contributed by atoms with Crippen LogP contribution in [-0.4, -0.2) is 24.3 Å². The maximum Gasteiger partial charge on any atom is 0.302 e. The SMILES string of the molecule is CC(=O)OC[C@@H](CCCCO)c1ccccc1. The summed E-state index contributed by atoms with van der Waals surface area (Å²) in [6.07, 6.45) is 2.67. The smallest absolute Gasteiger partial charge is 0.302 e. The molecule has 3 nitrogen and oxygen atoms in total. The number of esters is 1. The molecule has 17 heavy (non-hydrogen) atoms. The monoisotopic (exact) mass is 236 g/mol. The van der Waals surface area contributed by atoms with Gasteiger partial charge in [-0.25, -0.2) is 0 Å². The van der Waals surface area contributed by atoms with Crippen LogP contribution in [0.4, 0.5) is 0 Å². The minimum absolute atomic E-state index is 0.217. The van der Waals surface area contributed by atoms with Gasteiger partial charge in [0.2, 0.25) is 0 Å². The molecule has 0 aliphatic heterocycles. The molecule has 0 fully saturated rings. The molecule has 0 amide bonds. The Labute approximate surface area is 102 Å². The lowest BCUT2D eigenvalue weighted by Crippen LogP contribution is -2.11. The first-order valence-electron chi connectivity index (χ1n) is 6.03. The van der Waals surface area contributed by atoms with Crippen LogP contribution in [0.15, 0.2) is 30.3 Å². The number of hydrogen-bond donors (Lipinski definition) is 1. The third-order valence-corrected chi connectivity index (χ3v) is 2.72. The van der Waals surface area contributed by atoms with E-state index in [0.29, 0.717) is 6.61 Å². The summed E-state index contributed by atoms with van der Waals surface area (Å²) in [4.78, 5) is 10.8. The summed E-state index contributed by atoms with van der Waals surface area (Å²) < 4.78 is 5.09. The molecule has 0 aliphatic carbocycles. The van der Waals surface area contributed by atoms with Gasteiger partial charge in [-0.2, -0.15) is 0 Å². The predicted octanol–water partition coefficient (Wildman–Crippen LogP) is 2.50. The van der Waals surface area contributed by atoms with Crippen LogP contribution in [-0.2, 0) is 9.53 Å². The molecule has 0 spiro atoms. The quantitative estimate of drug-likeness (QED) is 0.584. The van der Waals surface area contributed by atoms with E-state index in [1.165, 1.54) is 12.5 Å². The molecule has 0 bridgehead atoms. The normalized spacial score (nSPS) is 12.1. The van der Waals surface area contributed by atoms with E-state index in [1.807, 2.05) is 30.3 Å². The van der Waals surface area contributed by atoms with Gasteiger partial charge in [0.05, 0.1) is 6.61 Å². The van der Waals surface area contributed by atoms with Gasteiger partial charge in [0, 0.05) is 19.4 Å². The molecule has 0 aromatic heterocycles. The van der Waals surface area contributed by atoms with Gasteiger partial charge in [0.15, 0.2) is 0 Å². The van der Waals surface area contributed by atoms with Gasteiger partial charge < -0.3 is 9.84 Å². The molecule has 0 saturated carbocycles. The third-order valence-electron chi connectivity index (χ3n) is 2.72. The van der Waals surface area contributed by atoms with Crippen molar-refractivity contribution < 1.29 is 14.6 Å². The van der Waals surface area contributed by atoms with Gasteiger partial charge in [-0.3, -0.25) is 4.79 Å². The minimum Gasteiger partial charge on any atom is -0.465 e. The zero-order valence-corrected chi connectivity index (χ0v) is 10.3. The average molecular weight is 236 g/mol. The molecule has 1 N–H and O–H groups in total. The highest BCUT2D eigenvalue weighted by Gasteiger charge is 2.12. The average Bonchev–Trinajstić information content (AvgIpc) is 2.34. The first-order valence-corrected chi connectivity index (χ1v) is 6.03. The van der Waals surface area contributed by atoms with Gasteiger partial charge in [0.25, 0.3) is 0 Å². The molecule has 94 valence electrons. The summed E-state index contributed by atoms with van der Waals surface area (Å²) in [6.45, 7) is 2.07. The van der Waals surface area contributed by atoms with Crippen LogP contribution in [0.1, 0.15) is 37.7 Å². The summed E-state index contributed by atoms with van der Waals surface area (Å²) in [7, 11) is 0. The second-order valence-electron chi connectivity index (χ2n) is 4.13. The number of aliphatic hydroxyl groups is 1. The molecule has 0 aliphatic rings. The molecular weight excluding hydrogens is 216 g/mol. The fourth-order valence-corrected chi connectivity index (χ4v) is 1.79. The van der Waals surface area contributed by atoms with Gasteiger partial charge in [-0.05, 0) is 18.4 Å². The minimum atomic E-state index is -0.243. The third kappa shape index (κ3) is 5.50. The number of hydrogen-bond acceptors (Lipinski definition) is 3. The van der Waals surface area contributed by atoms with Crippen LogP contribution in [0, 0.1) is 0 Å². The number of ether oxygens (including phenoxy) is 1. The number of carbonyl (C=O) groups is 1. The Morgan fingerprint density at radius 1 is 1.29 bits per heavy atom. The molecule has 0 radical (unpaired) electrons. The molecule has 0 saturated heterocycles. The summed E-state index contributed by atoms with van der Waals surface area (Å²) in [5, 5.41) is 8.78. The molecule has 3 heteroatoms. The lowest BCUT2D eigenvalue weighted by Gasteiger charge is -2.16. The molecule has 0 unspecified atom stereocenters. The number of unbranched alkanes of at least 4 members (excludes halogenated alkanes) is 1. The van der Waals surface area contributed by atoms with Crippen molar-refractivity contribution >= 4 is 5.97 Å². The highest BCUT2D eigenvalue weighted by Crippen LogP contribution is 2.22. The van der Waals surface area contributed by atoms with Crippen LogP contribution >= 0.6 is 0 Å². The highest BCUT2D eigenvalue weighted by molar-refractivity contribution is 5.65. The second kappa shape index (κ2) is 7.85. The number of aliphatic hydroxyl groups excluding tert-OH is 1.